The summed E-state index contributed by atoms with van der Waals surface area (Å²) in [5, 5.41) is 0. The number of aldehydes is 1. The minimum Gasteiger partial charge on any atom is -0.296 e. The molecule has 58 valence electrons. The fourth-order valence-electron chi connectivity index (χ4n) is 0.897. The number of carbonyl (C=O) groups excluding carboxylic acids is 1. The highest BCUT2D eigenvalue weighted by atomic mass is 35.5. The standard InChI is InChI=1S/C8H8ClNO/c1-6-2-7(4-9)10-8(3-6)5-11/h2-3,5H,4H2,1H3. The number of aromatic nitrogens is 1. The number of halogens is 1. The number of hydrogen-bond donors (Lipinski definition) is 0. The van der Waals surface area contributed by atoms with Crippen molar-refractivity contribution >= 4 is 17.9 Å². The van der Waals surface area contributed by atoms with E-state index in [0.717, 1.165) is 17.5 Å². The minimum absolute atomic E-state index is 0.350. The van der Waals surface area contributed by atoms with E-state index < -0.39 is 0 Å². The van der Waals surface area contributed by atoms with Crippen LogP contribution in [0.3, 0.4) is 0 Å². The molecule has 0 bridgehead atoms. The lowest BCUT2D eigenvalue weighted by atomic mass is 10.2. The van der Waals surface area contributed by atoms with Crippen molar-refractivity contribution in [3.8, 4) is 0 Å². The van der Waals surface area contributed by atoms with Crippen molar-refractivity contribution in [2.75, 3.05) is 0 Å². The zero-order chi connectivity index (χ0) is 8.27. The molecular weight excluding hydrogens is 162 g/mol. The van der Waals surface area contributed by atoms with Crippen LogP contribution in [0.1, 0.15) is 21.7 Å². The summed E-state index contributed by atoms with van der Waals surface area (Å²) in [5.74, 6) is 0.350. The second-order valence-electron chi connectivity index (χ2n) is 2.31. The average Bonchev–Trinajstić information content (AvgIpc) is 2.03. The molecule has 0 aliphatic rings. The molecule has 0 atom stereocenters. The fraction of sp³-hybridized carbons (Fsp3) is 0.250. The molecule has 0 radical (unpaired) electrons. The van der Waals surface area contributed by atoms with E-state index >= 15 is 0 Å². The highest BCUT2D eigenvalue weighted by Gasteiger charge is 1.97. The normalized spacial score (nSPS) is 9.64. The van der Waals surface area contributed by atoms with Gasteiger partial charge in [-0.1, -0.05) is 0 Å². The van der Waals surface area contributed by atoms with Crippen LogP contribution in [0.4, 0.5) is 0 Å². The molecule has 0 fully saturated rings. The van der Waals surface area contributed by atoms with Gasteiger partial charge in [-0.2, -0.15) is 0 Å². The third kappa shape index (κ3) is 2.02. The number of pyridine rings is 1. The summed E-state index contributed by atoms with van der Waals surface area (Å²) in [5.41, 5.74) is 2.20. The van der Waals surface area contributed by atoms with Crippen LogP contribution < -0.4 is 0 Å². The van der Waals surface area contributed by atoms with Crippen molar-refractivity contribution in [1.29, 1.82) is 0 Å². The van der Waals surface area contributed by atoms with Crippen molar-refractivity contribution in [3.05, 3.63) is 29.1 Å². The SMILES string of the molecule is Cc1cc(C=O)nc(CCl)c1. The number of carbonyl (C=O) groups is 1. The first-order chi connectivity index (χ1) is 5.26. The third-order valence-electron chi connectivity index (χ3n) is 1.30. The molecule has 3 heteroatoms. The van der Waals surface area contributed by atoms with E-state index in [2.05, 4.69) is 4.98 Å². The largest absolute Gasteiger partial charge is 0.296 e. The lowest BCUT2D eigenvalue weighted by Crippen LogP contribution is -1.93. The Kier molecular flexibility index (Phi) is 2.60. The Morgan fingerprint density at radius 3 is 2.91 bits per heavy atom. The second-order valence-corrected chi connectivity index (χ2v) is 2.58. The van der Waals surface area contributed by atoms with E-state index in [1.54, 1.807) is 6.07 Å². The summed E-state index contributed by atoms with van der Waals surface area (Å²) >= 11 is 5.55. The Bertz CT molecular complexity index is 273. The topological polar surface area (TPSA) is 30.0 Å². The van der Waals surface area contributed by atoms with Gasteiger partial charge in [-0.15, -0.1) is 11.6 Å². The van der Waals surface area contributed by atoms with Gasteiger partial charge in [0.25, 0.3) is 0 Å². The molecule has 1 rings (SSSR count). The van der Waals surface area contributed by atoms with Gasteiger partial charge < -0.3 is 0 Å². The molecule has 2 nitrogen and oxygen atoms in total. The summed E-state index contributed by atoms with van der Waals surface area (Å²) in [7, 11) is 0. The molecule has 0 amide bonds. The van der Waals surface area contributed by atoms with E-state index in [1.807, 2.05) is 13.0 Å². The zero-order valence-corrected chi connectivity index (χ0v) is 6.93. The molecule has 0 aromatic carbocycles. The maximum atomic E-state index is 10.3. The molecule has 0 aliphatic carbocycles. The number of alkyl halides is 1. The van der Waals surface area contributed by atoms with E-state index in [1.165, 1.54) is 0 Å². The van der Waals surface area contributed by atoms with Crippen LogP contribution in [-0.2, 0) is 5.88 Å². The van der Waals surface area contributed by atoms with Crippen LogP contribution in [0, 0.1) is 6.92 Å². The summed E-state index contributed by atoms with van der Waals surface area (Å²) in [6, 6.07) is 3.59. The predicted octanol–water partition coefficient (Wildman–Crippen LogP) is 1.94. The van der Waals surface area contributed by atoms with Crippen molar-refractivity contribution in [2.45, 2.75) is 12.8 Å². The highest BCUT2D eigenvalue weighted by molar-refractivity contribution is 6.16. The van der Waals surface area contributed by atoms with Crippen LogP contribution in [0.25, 0.3) is 0 Å². The van der Waals surface area contributed by atoms with Crippen molar-refractivity contribution in [1.82, 2.24) is 4.98 Å². The Morgan fingerprint density at radius 1 is 1.64 bits per heavy atom. The molecule has 0 N–H and O–H groups in total. The van der Waals surface area contributed by atoms with E-state index in [9.17, 15) is 4.79 Å². The minimum atomic E-state index is 0.350. The Morgan fingerprint density at radius 2 is 2.36 bits per heavy atom. The smallest absolute Gasteiger partial charge is 0.168 e. The molecule has 0 spiro atoms. The highest BCUT2D eigenvalue weighted by Crippen LogP contribution is 2.05. The first-order valence-electron chi connectivity index (χ1n) is 3.25. The summed E-state index contributed by atoms with van der Waals surface area (Å²) in [6.45, 7) is 1.91. The second kappa shape index (κ2) is 3.49. The summed E-state index contributed by atoms with van der Waals surface area (Å²) in [6.07, 6.45) is 0.725. The van der Waals surface area contributed by atoms with E-state index in [4.69, 9.17) is 11.6 Å². The van der Waals surface area contributed by atoms with Crippen LogP contribution in [-0.4, -0.2) is 11.3 Å². The molecule has 1 aromatic heterocycles. The van der Waals surface area contributed by atoms with Gasteiger partial charge in [-0.3, -0.25) is 4.79 Å². The lowest BCUT2D eigenvalue weighted by Gasteiger charge is -1.97. The van der Waals surface area contributed by atoms with Crippen molar-refractivity contribution < 1.29 is 4.79 Å². The quantitative estimate of drug-likeness (QED) is 0.500. The van der Waals surface area contributed by atoms with Crippen molar-refractivity contribution in [2.24, 2.45) is 0 Å². The molecule has 0 saturated heterocycles. The maximum Gasteiger partial charge on any atom is 0.168 e. The van der Waals surface area contributed by atoms with Gasteiger partial charge >= 0.3 is 0 Å². The van der Waals surface area contributed by atoms with Gasteiger partial charge in [-0.25, -0.2) is 4.98 Å². The van der Waals surface area contributed by atoms with Crippen molar-refractivity contribution in [3.63, 3.8) is 0 Å². The first-order valence-corrected chi connectivity index (χ1v) is 3.78. The predicted molar refractivity (Wildman–Crippen MR) is 43.9 cm³/mol. The zero-order valence-electron chi connectivity index (χ0n) is 6.17. The fourth-order valence-corrected chi connectivity index (χ4v) is 1.03. The molecular formula is C8H8ClNO. The third-order valence-corrected chi connectivity index (χ3v) is 1.57. The number of aryl methyl sites for hydroxylation is 1. The molecule has 0 aliphatic heterocycles. The van der Waals surface area contributed by atoms with Gasteiger partial charge in [-0.05, 0) is 24.6 Å². The van der Waals surface area contributed by atoms with Crippen LogP contribution in [0.2, 0.25) is 0 Å². The van der Waals surface area contributed by atoms with Gasteiger partial charge in [0, 0.05) is 0 Å². The molecule has 0 saturated carbocycles. The molecule has 1 aromatic rings. The Balaban J connectivity index is 3.11. The Labute approximate surface area is 70.2 Å². The van der Waals surface area contributed by atoms with E-state index in [-0.39, 0.29) is 0 Å². The molecule has 11 heavy (non-hydrogen) atoms. The van der Waals surface area contributed by atoms with Gasteiger partial charge in [0.2, 0.25) is 0 Å². The maximum absolute atomic E-state index is 10.3. The number of nitrogens with zero attached hydrogens (tertiary/aromatic N) is 1. The van der Waals surface area contributed by atoms with Gasteiger partial charge in [0.05, 0.1) is 11.6 Å². The van der Waals surface area contributed by atoms with E-state index in [0.29, 0.717) is 11.6 Å². The van der Waals surface area contributed by atoms with Crippen LogP contribution >= 0.6 is 11.6 Å². The Hall–Kier alpha value is -0.890. The summed E-state index contributed by atoms with van der Waals surface area (Å²) in [4.78, 5) is 14.3. The monoisotopic (exact) mass is 169 g/mol. The molecule has 1 heterocycles. The first kappa shape index (κ1) is 8.21. The number of hydrogen-bond acceptors (Lipinski definition) is 2. The van der Waals surface area contributed by atoms with Crippen LogP contribution in [0.5, 0.6) is 0 Å². The summed E-state index contributed by atoms with van der Waals surface area (Å²) < 4.78 is 0. The molecule has 0 unspecified atom stereocenters. The van der Waals surface area contributed by atoms with Crippen LogP contribution in [0.15, 0.2) is 12.1 Å². The van der Waals surface area contributed by atoms with Gasteiger partial charge in [0.15, 0.2) is 6.29 Å². The number of rotatable bonds is 2. The van der Waals surface area contributed by atoms with Gasteiger partial charge in [0.1, 0.15) is 5.69 Å². The average molecular weight is 170 g/mol. The lowest BCUT2D eigenvalue weighted by molar-refractivity contribution is 0.111.